The summed E-state index contributed by atoms with van der Waals surface area (Å²) in [5.41, 5.74) is 3.72. The number of carbonyl (C=O) groups is 2. The minimum absolute atomic E-state index is 0.0697. The number of benzene rings is 2. The Kier molecular flexibility index (Phi) is 6.13. The van der Waals surface area contributed by atoms with Crippen LogP contribution < -0.4 is 10.6 Å². The van der Waals surface area contributed by atoms with Crippen LogP contribution in [0, 0.1) is 6.92 Å². The lowest BCUT2D eigenvalue weighted by atomic mass is 10.1. The number of hydrogen-bond acceptors (Lipinski definition) is 6. The first-order valence-corrected chi connectivity index (χ1v) is 11.0. The van der Waals surface area contributed by atoms with E-state index in [2.05, 4.69) is 20.6 Å². The number of hydrogen-bond donors (Lipinski definition) is 2. The van der Waals surface area contributed by atoms with Crippen molar-refractivity contribution in [3.63, 3.8) is 0 Å². The zero-order valence-electron chi connectivity index (χ0n) is 17.9. The maximum Gasteiger partial charge on any atom is 0.279 e. The van der Waals surface area contributed by atoms with Crippen LogP contribution in [0.5, 0.6) is 0 Å². The Balaban J connectivity index is 1.46. The molecule has 2 heterocycles. The van der Waals surface area contributed by atoms with Gasteiger partial charge in [0.25, 0.3) is 5.91 Å². The second-order valence-electron chi connectivity index (χ2n) is 7.33. The van der Waals surface area contributed by atoms with E-state index in [1.54, 1.807) is 6.92 Å². The molecule has 1 atom stereocenters. The van der Waals surface area contributed by atoms with Crippen molar-refractivity contribution in [2.45, 2.75) is 26.8 Å². The SMILES string of the molecule is CC(=O)N[C@H](C)c1ccc(-c2csc(NC(=O)c3nc(-c4ccccc4)oc3C)n2)cc1. The average Bonchev–Trinajstić information content (AvgIpc) is 3.41. The van der Waals surface area contributed by atoms with E-state index in [-0.39, 0.29) is 23.6 Å². The van der Waals surface area contributed by atoms with Gasteiger partial charge in [-0.05, 0) is 31.5 Å². The van der Waals surface area contributed by atoms with Crippen LogP contribution >= 0.6 is 11.3 Å². The quantitative estimate of drug-likeness (QED) is 0.423. The fraction of sp³-hybridized carbons (Fsp3) is 0.167. The highest BCUT2D eigenvalue weighted by atomic mass is 32.1. The molecule has 0 aliphatic rings. The Labute approximate surface area is 189 Å². The molecule has 0 aliphatic carbocycles. The summed E-state index contributed by atoms with van der Waals surface area (Å²) in [6.07, 6.45) is 0. The maximum atomic E-state index is 12.7. The van der Waals surface area contributed by atoms with Crippen LogP contribution in [0.1, 0.15) is 41.7 Å². The van der Waals surface area contributed by atoms with Crippen molar-refractivity contribution in [1.82, 2.24) is 15.3 Å². The molecule has 4 aromatic rings. The molecule has 2 N–H and O–H groups in total. The summed E-state index contributed by atoms with van der Waals surface area (Å²) < 4.78 is 5.67. The van der Waals surface area contributed by atoms with E-state index >= 15 is 0 Å². The monoisotopic (exact) mass is 446 g/mol. The van der Waals surface area contributed by atoms with E-state index in [9.17, 15) is 9.59 Å². The lowest BCUT2D eigenvalue weighted by Gasteiger charge is -2.12. The minimum Gasteiger partial charge on any atom is -0.441 e. The van der Waals surface area contributed by atoms with Gasteiger partial charge in [0.2, 0.25) is 11.8 Å². The molecule has 162 valence electrons. The molecule has 0 radical (unpaired) electrons. The lowest BCUT2D eigenvalue weighted by Crippen LogP contribution is -2.23. The zero-order valence-corrected chi connectivity index (χ0v) is 18.7. The molecule has 0 fully saturated rings. The van der Waals surface area contributed by atoms with Gasteiger partial charge in [-0.25, -0.2) is 9.97 Å². The van der Waals surface area contributed by atoms with E-state index in [1.807, 2.05) is 66.9 Å². The number of thiazole rings is 1. The Morgan fingerprint density at radius 2 is 1.72 bits per heavy atom. The molecule has 2 amide bonds. The van der Waals surface area contributed by atoms with Gasteiger partial charge in [0.1, 0.15) is 5.76 Å². The average molecular weight is 447 g/mol. The largest absolute Gasteiger partial charge is 0.441 e. The van der Waals surface area contributed by atoms with Gasteiger partial charge in [0, 0.05) is 23.4 Å². The van der Waals surface area contributed by atoms with Crippen LogP contribution in [-0.2, 0) is 4.79 Å². The normalized spacial score (nSPS) is 11.7. The van der Waals surface area contributed by atoms with Gasteiger partial charge < -0.3 is 9.73 Å². The van der Waals surface area contributed by atoms with Crippen LogP contribution in [0.15, 0.2) is 64.4 Å². The zero-order chi connectivity index (χ0) is 22.7. The number of aromatic nitrogens is 2. The van der Waals surface area contributed by atoms with Gasteiger partial charge in [-0.3, -0.25) is 14.9 Å². The lowest BCUT2D eigenvalue weighted by molar-refractivity contribution is -0.119. The topological polar surface area (TPSA) is 97.1 Å². The van der Waals surface area contributed by atoms with Crippen molar-refractivity contribution in [1.29, 1.82) is 0 Å². The molecular weight excluding hydrogens is 424 g/mol. The molecule has 8 heteroatoms. The van der Waals surface area contributed by atoms with Crippen molar-refractivity contribution in [3.8, 4) is 22.7 Å². The van der Waals surface area contributed by atoms with E-state index in [1.165, 1.54) is 18.3 Å². The van der Waals surface area contributed by atoms with Crippen LogP contribution in [0.2, 0.25) is 0 Å². The Morgan fingerprint density at radius 3 is 2.41 bits per heavy atom. The van der Waals surface area contributed by atoms with Crippen molar-refractivity contribution >= 4 is 28.3 Å². The summed E-state index contributed by atoms with van der Waals surface area (Å²) >= 11 is 1.34. The summed E-state index contributed by atoms with van der Waals surface area (Å²) in [5, 5.41) is 8.02. The highest BCUT2D eigenvalue weighted by molar-refractivity contribution is 7.14. The Bertz CT molecular complexity index is 1250. The number of rotatable bonds is 6. The molecule has 0 bridgehead atoms. The summed E-state index contributed by atoms with van der Waals surface area (Å²) in [7, 11) is 0. The van der Waals surface area contributed by atoms with E-state index in [0.29, 0.717) is 16.8 Å². The smallest absolute Gasteiger partial charge is 0.279 e. The molecule has 32 heavy (non-hydrogen) atoms. The minimum atomic E-state index is -0.367. The second kappa shape index (κ2) is 9.15. The third kappa shape index (κ3) is 4.76. The van der Waals surface area contributed by atoms with Crippen molar-refractivity contribution in [2.75, 3.05) is 5.32 Å². The Morgan fingerprint density at radius 1 is 1.00 bits per heavy atom. The highest BCUT2D eigenvalue weighted by Crippen LogP contribution is 2.27. The molecule has 0 saturated carbocycles. The highest BCUT2D eigenvalue weighted by Gasteiger charge is 2.19. The molecule has 0 spiro atoms. The predicted molar refractivity (Wildman–Crippen MR) is 124 cm³/mol. The van der Waals surface area contributed by atoms with Gasteiger partial charge in [-0.2, -0.15) is 0 Å². The Hall–Kier alpha value is -3.78. The summed E-state index contributed by atoms with van der Waals surface area (Å²) in [6, 6.07) is 17.2. The third-order valence-electron chi connectivity index (χ3n) is 4.88. The van der Waals surface area contributed by atoms with Gasteiger partial charge in [-0.1, -0.05) is 42.5 Å². The molecule has 2 aromatic carbocycles. The molecule has 4 rings (SSSR count). The fourth-order valence-electron chi connectivity index (χ4n) is 3.26. The fourth-order valence-corrected chi connectivity index (χ4v) is 3.98. The molecule has 7 nitrogen and oxygen atoms in total. The van der Waals surface area contributed by atoms with E-state index in [0.717, 1.165) is 22.4 Å². The molecule has 0 saturated heterocycles. The van der Waals surface area contributed by atoms with Crippen molar-refractivity contribution in [3.05, 3.63) is 77.0 Å². The number of oxazole rings is 1. The van der Waals surface area contributed by atoms with Crippen molar-refractivity contribution < 1.29 is 14.0 Å². The first-order chi connectivity index (χ1) is 15.4. The summed E-state index contributed by atoms with van der Waals surface area (Å²) in [5.74, 6) is 0.414. The van der Waals surface area contributed by atoms with Crippen LogP contribution in [0.25, 0.3) is 22.7 Å². The summed E-state index contributed by atoms with van der Waals surface area (Å²) in [6.45, 7) is 5.14. The van der Waals surface area contributed by atoms with Crippen LogP contribution in [-0.4, -0.2) is 21.8 Å². The summed E-state index contributed by atoms with van der Waals surface area (Å²) in [4.78, 5) is 32.8. The first-order valence-electron chi connectivity index (χ1n) is 10.1. The van der Waals surface area contributed by atoms with Crippen LogP contribution in [0.3, 0.4) is 0 Å². The van der Waals surface area contributed by atoms with E-state index in [4.69, 9.17) is 4.42 Å². The number of amides is 2. The van der Waals surface area contributed by atoms with Gasteiger partial charge >= 0.3 is 0 Å². The van der Waals surface area contributed by atoms with E-state index < -0.39 is 0 Å². The molecule has 2 aromatic heterocycles. The third-order valence-corrected chi connectivity index (χ3v) is 5.64. The number of carbonyl (C=O) groups excluding carboxylic acids is 2. The molecular formula is C24H22N4O3S. The number of aryl methyl sites for hydroxylation is 1. The number of nitrogens with zero attached hydrogens (tertiary/aromatic N) is 2. The van der Waals surface area contributed by atoms with Crippen LogP contribution in [0.4, 0.5) is 5.13 Å². The van der Waals surface area contributed by atoms with Gasteiger partial charge in [-0.15, -0.1) is 11.3 Å². The standard InChI is InChI=1S/C24H22N4O3S/c1-14(25-16(3)29)17-9-11-18(12-10-17)20-13-32-24(26-20)28-22(30)21-15(2)31-23(27-21)19-7-5-4-6-8-19/h4-14H,1-3H3,(H,25,29)(H,26,28,30)/t14-/m1/s1. The number of anilines is 1. The number of nitrogens with one attached hydrogen (secondary N) is 2. The predicted octanol–water partition coefficient (Wildman–Crippen LogP) is 5.22. The maximum absolute atomic E-state index is 12.7. The second-order valence-corrected chi connectivity index (χ2v) is 8.18. The van der Waals surface area contributed by atoms with Crippen molar-refractivity contribution in [2.24, 2.45) is 0 Å². The van der Waals surface area contributed by atoms with Gasteiger partial charge in [0.15, 0.2) is 10.8 Å². The molecule has 0 aliphatic heterocycles. The van der Waals surface area contributed by atoms with Gasteiger partial charge in [0.05, 0.1) is 11.7 Å². The first kappa shape index (κ1) is 21.5. The molecule has 0 unspecified atom stereocenters.